The highest BCUT2D eigenvalue weighted by atomic mass is 35.5. The molecular weight excluding hydrogens is 256 g/mol. The molecule has 2 nitrogen and oxygen atoms in total. The molecule has 0 aliphatic heterocycles. The summed E-state index contributed by atoms with van der Waals surface area (Å²) in [5.74, 6) is 0.421. The van der Waals surface area contributed by atoms with E-state index in [2.05, 4.69) is 31.0 Å². The number of H-pyrrole nitrogens is 1. The summed E-state index contributed by atoms with van der Waals surface area (Å²) in [6.45, 7) is 6.12. The lowest BCUT2D eigenvalue weighted by molar-refractivity contribution is 1.10. The summed E-state index contributed by atoms with van der Waals surface area (Å²) in [6.07, 6.45) is 10.8. The van der Waals surface area contributed by atoms with E-state index in [-0.39, 0.29) is 0 Å². The van der Waals surface area contributed by atoms with E-state index >= 15 is 0 Å². The number of hydrogen-bond acceptors (Lipinski definition) is 1. The van der Waals surface area contributed by atoms with Crippen molar-refractivity contribution in [2.24, 2.45) is 0 Å². The molecule has 0 amide bonds. The van der Waals surface area contributed by atoms with Gasteiger partial charge in [-0.25, -0.2) is 0 Å². The van der Waals surface area contributed by atoms with Gasteiger partial charge in [0.25, 0.3) is 0 Å². The molecule has 1 rings (SSSR count). The van der Waals surface area contributed by atoms with Crippen molar-refractivity contribution in [3.63, 3.8) is 0 Å². The first-order chi connectivity index (χ1) is 9.17. The van der Waals surface area contributed by atoms with Crippen molar-refractivity contribution in [2.45, 2.75) is 27.2 Å². The van der Waals surface area contributed by atoms with Crippen LogP contribution in [0.4, 0.5) is 0 Å². The molecule has 0 aromatic carbocycles. The topological polar surface area (TPSA) is 39.6 Å². The standard InChI is InChI=1S/C16H19ClN2/c1-4-12(3)7-6-8-15-14(11-18)13(5-2)16(19-15)9-10-17/h5-9,19H,4,10H2,1-3H3/b8-6+,12-7-,13-5-,16-9+. The predicted molar refractivity (Wildman–Crippen MR) is 83.2 cm³/mol. The van der Waals surface area contributed by atoms with E-state index in [0.717, 1.165) is 22.7 Å². The van der Waals surface area contributed by atoms with E-state index in [1.807, 2.05) is 31.2 Å². The van der Waals surface area contributed by atoms with Crippen molar-refractivity contribution < 1.29 is 0 Å². The summed E-state index contributed by atoms with van der Waals surface area (Å²) in [4.78, 5) is 3.24. The van der Waals surface area contributed by atoms with Crippen LogP contribution in [0, 0.1) is 11.3 Å². The number of halogens is 1. The third-order valence-corrected chi connectivity index (χ3v) is 3.14. The van der Waals surface area contributed by atoms with Crippen molar-refractivity contribution in [1.82, 2.24) is 4.98 Å². The summed E-state index contributed by atoms with van der Waals surface area (Å²) < 4.78 is 0. The highest BCUT2D eigenvalue weighted by Gasteiger charge is 2.04. The van der Waals surface area contributed by atoms with Gasteiger partial charge in [-0.2, -0.15) is 5.26 Å². The zero-order valence-corrected chi connectivity index (χ0v) is 12.4. The van der Waals surface area contributed by atoms with Crippen molar-refractivity contribution in [3.8, 4) is 6.07 Å². The number of rotatable bonds is 4. The Bertz CT molecular complexity index is 640. The zero-order chi connectivity index (χ0) is 14.3. The van der Waals surface area contributed by atoms with E-state index < -0.39 is 0 Å². The largest absolute Gasteiger partial charge is 0.354 e. The van der Waals surface area contributed by atoms with E-state index in [9.17, 15) is 5.26 Å². The Balaban J connectivity index is 3.32. The van der Waals surface area contributed by atoms with Crippen LogP contribution in [0.15, 0.2) is 17.7 Å². The van der Waals surface area contributed by atoms with Gasteiger partial charge >= 0.3 is 0 Å². The van der Waals surface area contributed by atoms with Crippen LogP contribution in [0.1, 0.15) is 38.4 Å². The van der Waals surface area contributed by atoms with Crippen molar-refractivity contribution >= 4 is 29.8 Å². The molecular formula is C16H19ClN2. The Labute approximate surface area is 119 Å². The monoisotopic (exact) mass is 274 g/mol. The lowest BCUT2D eigenvalue weighted by Crippen LogP contribution is -2.24. The Kier molecular flexibility index (Phi) is 6.18. The van der Waals surface area contributed by atoms with Gasteiger partial charge in [0.15, 0.2) is 0 Å². The summed E-state index contributed by atoms with van der Waals surface area (Å²) in [5, 5.41) is 11.1. The molecule has 0 aliphatic rings. The summed E-state index contributed by atoms with van der Waals surface area (Å²) >= 11 is 5.73. The summed E-state index contributed by atoms with van der Waals surface area (Å²) in [5.41, 5.74) is 2.79. The number of aromatic nitrogens is 1. The maximum absolute atomic E-state index is 9.28. The molecule has 0 radical (unpaired) electrons. The van der Waals surface area contributed by atoms with Gasteiger partial charge in [-0.15, -0.1) is 11.6 Å². The second-order valence-electron chi connectivity index (χ2n) is 4.23. The summed E-state index contributed by atoms with van der Waals surface area (Å²) in [6, 6.07) is 2.25. The Morgan fingerprint density at radius 1 is 1.47 bits per heavy atom. The van der Waals surface area contributed by atoms with Crippen LogP contribution in [-0.4, -0.2) is 10.9 Å². The average molecular weight is 275 g/mol. The fourth-order valence-corrected chi connectivity index (χ4v) is 1.92. The fraction of sp³-hybridized carbons (Fsp3) is 0.312. The Morgan fingerprint density at radius 2 is 2.21 bits per heavy atom. The first-order valence-corrected chi connectivity index (χ1v) is 6.89. The minimum absolute atomic E-state index is 0.421. The molecule has 1 heterocycles. The number of aromatic amines is 1. The highest BCUT2D eigenvalue weighted by molar-refractivity contribution is 6.20. The molecule has 0 saturated carbocycles. The van der Waals surface area contributed by atoms with Gasteiger partial charge in [-0.05, 0) is 32.4 Å². The molecule has 1 aromatic rings. The van der Waals surface area contributed by atoms with Crippen LogP contribution in [0.5, 0.6) is 0 Å². The number of hydrogen-bond donors (Lipinski definition) is 1. The van der Waals surface area contributed by atoms with Crippen LogP contribution >= 0.6 is 11.6 Å². The van der Waals surface area contributed by atoms with Crippen LogP contribution in [0.25, 0.3) is 18.2 Å². The van der Waals surface area contributed by atoms with Gasteiger partial charge < -0.3 is 4.98 Å². The van der Waals surface area contributed by atoms with E-state index in [1.165, 1.54) is 5.57 Å². The lowest BCUT2D eigenvalue weighted by Gasteiger charge is -1.90. The van der Waals surface area contributed by atoms with Gasteiger partial charge in [0.1, 0.15) is 6.07 Å². The molecule has 0 fully saturated rings. The smallest absolute Gasteiger partial charge is 0.102 e. The van der Waals surface area contributed by atoms with Gasteiger partial charge in [0, 0.05) is 16.4 Å². The zero-order valence-electron chi connectivity index (χ0n) is 11.6. The predicted octanol–water partition coefficient (Wildman–Crippen LogP) is 3.08. The lowest BCUT2D eigenvalue weighted by atomic mass is 10.2. The number of allylic oxidation sites excluding steroid dienone is 3. The van der Waals surface area contributed by atoms with E-state index in [4.69, 9.17) is 11.6 Å². The maximum atomic E-state index is 9.28. The average Bonchev–Trinajstić information content (AvgIpc) is 2.75. The maximum Gasteiger partial charge on any atom is 0.102 e. The normalized spacial score (nSPS) is 14.4. The Hall–Kier alpha value is -1.72. The number of alkyl halides is 1. The second kappa shape index (κ2) is 7.66. The molecule has 3 heteroatoms. The molecule has 0 aliphatic carbocycles. The van der Waals surface area contributed by atoms with E-state index in [0.29, 0.717) is 11.4 Å². The molecule has 0 atom stereocenters. The molecule has 0 bridgehead atoms. The van der Waals surface area contributed by atoms with Crippen LogP contribution in [0.2, 0.25) is 0 Å². The highest BCUT2D eigenvalue weighted by Crippen LogP contribution is 2.03. The molecule has 1 aromatic heterocycles. The summed E-state index contributed by atoms with van der Waals surface area (Å²) in [7, 11) is 0. The van der Waals surface area contributed by atoms with Gasteiger partial charge in [0.05, 0.1) is 11.3 Å². The third kappa shape index (κ3) is 3.87. The number of nitrogens with zero attached hydrogens (tertiary/aromatic N) is 1. The van der Waals surface area contributed by atoms with Gasteiger partial charge in [-0.1, -0.05) is 30.7 Å². The SMILES string of the molecule is C/C=c1/c(C#N)c(/C=C/C=C(/C)CC)[nH]/c1=C/CCl. The molecule has 0 saturated heterocycles. The van der Waals surface area contributed by atoms with Crippen LogP contribution in [-0.2, 0) is 0 Å². The quantitative estimate of drug-likeness (QED) is 0.665. The number of nitrogens with one attached hydrogen (secondary N) is 1. The molecule has 19 heavy (non-hydrogen) atoms. The van der Waals surface area contributed by atoms with Crippen molar-refractivity contribution in [1.29, 1.82) is 5.26 Å². The Morgan fingerprint density at radius 3 is 2.74 bits per heavy atom. The third-order valence-electron chi connectivity index (χ3n) is 2.98. The first-order valence-electron chi connectivity index (χ1n) is 6.36. The van der Waals surface area contributed by atoms with Crippen LogP contribution < -0.4 is 10.6 Å². The first kappa shape index (κ1) is 15.3. The van der Waals surface area contributed by atoms with Gasteiger partial charge in [0.2, 0.25) is 0 Å². The molecule has 0 spiro atoms. The minimum atomic E-state index is 0.421. The fourth-order valence-electron chi connectivity index (χ4n) is 1.76. The van der Waals surface area contributed by atoms with Crippen LogP contribution in [0.3, 0.4) is 0 Å². The van der Waals surface area contributed by atoms with Crippen molar-refractivity contribution in [3.05, 3.63) is 39.6 Å². The molecule has 100 valence electrons. The van der Waals surface area contributed by atoms with E-state index in [1.54, 1.807) is 0 Å². The van der Waals surface area contributed by atoms with Gasteiger partial charge in [-0.3, -0.25) is 0 Å². The molecule has 0 unspecified atom stereocenters. The van der Waals surface area contributed by atoms with Crippen molar-refractivity contribution in [2.75, 3.05) is 5.88 Å². The molecule has 1 N–H and O–H groups in total. The number of nitriles is 1. The second-order valence-corrected chi connectivity index (χ2v) is 4.53. The minimum Gasteiger partial charge on any atom is -0.354 e.